The second-order valence-corrected chi connectivity index (χ2v) is 8.53. The molecule has 0 aromatic heterocycles. The third-order valence-electron chi connectivity index (χ3n) is 4.29. The average molecular weight is 339 g/mol. The fourth-order valence-electron chi connectivity index (χ4n) is 2.84. The Bertz CT molecular complexity index is 778. The molecule has 3 heteroatoms. The topological polar surface area (TPSA) is 52.8 Å². The second kappa shape index (κ2) is 6.91. The Morgan fingerprint density at radius 1 is 0.800 bits per heavy atom. The quantitative estimate of drug-likeness (QED) is 0.744. The summed E-state index contributed by atoms with van der Waals surface area (Å²) in [6, 6.07) is 11.5. The molecule has 0 heterocycles. The predicted molar refractivity (Wildman–Crippen MR) is 105 cm³/mol. The molecule has 2 aromatic rings. The van der Waals surface area contributed by atoms with Crippen molar-refractivity contribution in [2.24, 2.45) is 4.99 Å². The van der Waals surface area contributed by atoms with E-state index in [2.05, 4.69) is 46.5 Å². The Balaban J connectivity index is 2.26. The first-order chi connectivity index (χ1) is 11.5. The van der Waals surface area contributed by atoms with Crippen LogP contribution in [-0.2, 0) is 17.4 Å². The fraction of sp³-hybridized carbons (Fsp3) is 0.409. The third-order valence-corrected chi connectivity index (χ3v) is 4.29. The number of aromatic hydroxyl groups is 2. The van der Waals surface area contributed by atoms with E-state index in [0.717, 1.165) is 16.7 Å². The van der Waals surface area contributed by atoms with Crippen LogP contribution in [0.4, 0.5) is 0 Å². The van der Waals surface area contributed by atoms with Gasteiger partial charge in [0, 0.05) is 17.3 Å². The summed E-state index contributed by atoms with van der Waals surface area (Å²) in [5.41, 5.74) is 3.04. The van der Waals surface area contributed by atoms with Crippen molar-refractivity contribution in [2.75, 3.05) is 0 Å². The van der Waals surface area contributed by atoms with Gasteiger partial charge in [0.1, 0.15) is 11.5 Å². The minimum atomic E-state index is -0.132. The Hall–Kier alpha value is -2.29. The summed E-state index contributed by atoms with van der Waals surface area (Å²) >= 11 is 0. The van der Waals surface area contributed by atoms with Gasteiger partial charge in [-0.15, -0.1) is 0 Å². The zero-order chi connectivity index (χ0) is 18.8. The number of hydrogen-bond donors (Lipinski definition) is 2. The first kappa shape index (κ1) is 19.0. The average Bonchev–Trinajstić information content (AvgIpc) is 2.48. The van der Waals surface area contributed by atoms with Crippen LogP contribution in [0.15, 0.2) is 41.4 Å². The largest absolute Gasteiger partial charge is 0.507 e. The van der Waals surface area contributed by atoms with E-state index in [1.165, 1.54) is 0 Å². The summed E-state index contributed by atoms with van der Waals surface area (Å²) in [5, 5.41) is 21.0. The number of rotatable bonds is 3. The molecule has 0 aliphatic heterocycles. The van der Waals surface area contributed by atoms with Gasteiger partial charge in [0.25, 0.3) is 0 Å². The first-order valence-corrected chi connectivity index (χ1v) is 8.65. The van der Waals surface area contributed by atoms with Crippen LogP contribution in [0.2, 0.25) is 0 Å². The molecule has 0 aliphatic carbocycles. The maximum absolute atomic E-state index is 10.5. The lowest BCUT2D eigenvalue weighted by Gasteiger charge is -2.21. The summed E-state index contributed by atoms with van der Waals surface area (Å²) in [6.07, 6.45) is 1.67. The van der Waals surface area contributed by atoms with Gasteiger partial charge in [-0.1, -0.05) is 71.9 Å². The number of aliphatic imine (C=N–C) groups is 1. The Morgan fingerprint density at radius 3 is 1.88 bits per heavy atom. The number of phenolic OH excluding ortho intramolecular Hbond substituents is 2. The van der Waals surface area contributed by atoms with Gasteiger partial charge >= 0.3 is 0 Å². The van der Waals surface area contributed by atoms with E-state index < -0.39 is 0 Å². The van der Waals surface area contributed by atoms with Crippen molar-refractivity contribution in [3.8, 4) is 11.5 Å². The van der Waals surface area contributed by atoms with Crippen LogP contribution in [0.3, 0.4) is 0 Å². The maximum atomic E-state index is 10.5. The van der Waals surface area contributed by atoms with E-state index in [9.17, 15) is 10.2 Å². The van der Waals surface area contributed by atoms with Crippen LogP contribution < -0.4 is 0 Å². The molecule has 0 unspecified atom stereocenters. The Kier molecular flexibility index (Phi) is 5.26. The molecule has 3 nitrogen and oxygen atoms in total. The zero-order valence-electron chi connectivity index (χ0n) is 16.1. The van der Waals surface area contributed by atoms with Crippen LogP contribution in [0.1, 0.15) is 63.8 Å². The van der Waals surface area contributed by atoms with E-state index >= 15 is 0 Å². The van der Waals surface area contributed by atoms with Gasteiger partial charge in [0.15, 0.2) is 0 Å². The normalized spacial score (nSPS) is 12.7. The van der Waals surface area contributed by atoms with Gasteiger partial charge in [-0.3, -0.25) is 4.99 Å². The molecule has 0 atom stereocenters. The molecular weight excluding hydrogens is 310 g/mol. The summed E-state index contributed by atoms with van der Waals surface area (Å²) in [5.74, 6) is 0.575. The van der Waals surface area contributed by atoms with Crippen molar-refractivity contribution in [1.82, 2.24) is 0 Å². The highest BCUT2D eigenvalue weighted by Crippen LogP contribution is 2.34. The van der Waals surface area contributed by atoms with E-state index in [1.807, 2.05) is 36.4 Å². The molecule has 2 rings (SSSR count). The van der Waals surface area contributed by atoms with Crippen LogP contribution in [0, 0.1) is 0 Å². The van der Waals surface area contributed by atoms with Gasteiger partial charge in [-0.05, 0) is 28.0 Å². The van der Waals surface area contributed by atoms with Crippen molar-refractivity contribution < 1.29 is 10.2 Å². The van der Waals surface area contributed by atoms with Gasteiger partial charge in [0.2, 0.25) is 0 Å². The van der Waals surface area contributed by atoms with Crippen molar-refractivity contribution in [1.29, 1.82) is 0 Å². The summed E-state index contributed by atoms with van der Waals surface area (Å²) in [6.45, 7) is 12.8. The monoisotopic (exact) mass is 339 g/mol. The SMILES string of the molecule is CC(C)(C)c1cccc(/C=N/Cc2cccc(C(C)(C)C)c2O)c1O. The zero-order valence-corrected chi connectivity index (χ0v) is 16.1. The molecular formula is C22H29NO2. The first-order valence-electron chi connectivity index (χ1n) is 8.65. The highest BCUT2D eigenvalue weighted by molar-refractivity contribution is 5.84. The van der Waals surface area contributed by atoms with Gasteiger partial charge in [-0.2, -0.15) is 0 Å². The predicted octanol–water partition coefficient (Wildman–Crippen LogP) is 5.31. The molecule has 0 saturated heterocycles. The van der Waals surface area contributed by atoms with Crippen LogP contribution in [0.25, 0.3) is 0 Å². The van der Waals surface area contributed by atoms with Crippen LogP contribution in [-0.4, -0.2) is 16.4 Å². The van der Waals surface area contributed by atoms with Gasteiger partial charge in [0.05, 0.1) is 6.54 Å². The van der Waals surface area contributed by atoms with E-state index in [1.54, 1.807) is 6.21 Å². The summed E-state index contributed by atoms with van der Waals surface area (Å²) in [7, 11) is 0. The van der Waals surface area contributed by atoms with E-state index in [4.69, 9.17) is 0 Å². The minimum Gasteiger partial charge on any atom is -0.507 e. The smallest absolute Gasteiger partial charge is 0.128 e. The standard InChI is InChI=1S/C22H29NO2/c1-21(2,3)17-11-7-9-15(19(17)24)13-23-14-16-10-8-12-18(20(16)25)22(4,5)6/h7-13,24-25H,14H2,1-6H3/b23-13+. The Labute approximate surface area is 151 Å². The van der Waals surface area contributed by atoms with Crippen molar-refractivity contribution in [3.05, 3.63) is 58.7 Å². The highest BCUT2D eigenvalue weighted by Gasteiger charge is 2.20. The van der Waals surface area contributed by atoms with Gasteiger partial charge < -0.3 is 10.2 Å². The molecule has 134 valence electrons. The maximum Gasteiger partial charge on any atom is 0.128 e. The Morgan fingerprint density at radius 2 is 1.32 bits per heavy atom. The number of phenols is 2. The second-order valence-electron chi connectivity index (χ2n) is 8.53. The molecule has 0 spiro atoms. The lowest BCUT2D eigenvalue weighted by Crippen LogP contribution is -2.12. The summed E-state index contributed by atoms with van der Waals surface area (Å²) in [4.78, 5) is 4.43. The third kappa shape index (κ3) is 4.41. The highest BCUT2D eigenvalue weighted by atomic mass is 16.3. The van der Waals surface area contributed by atoms with Crippen molar-refractivity contribution in [2.45, 2.75) is 58.9 Å². The molecule has 0 saturated carbocycles. The molecule has 2 aromatic carbocycles. The number of para-hydroxylation sites is 2. The number of nitrogens with zero attached hydrogens (tertiary/aromatic N) is 1. The van der Waals surface area contributed by atoms with Gasteiger partial charge in [-0.25, -0.2) is 0 Å². The van der Waals surface area contributed by atoms with Crippen LogP contribution >= 0.6 is 0 Å². The lowest BCUT2D eigenvalue weighted by molar-refractivity contribution is 0.440. The fourth-order valence-corrected chi connectivity index (χ4v) is 2.84. The van der Waals surface area contributed by atoms with Crippen molar-refractivity contribution >= 4 is 6.21 Å². The molecule has 0 radical (unpaired) electrons. The number of benzene rings is 2. The number of hydrogen-bond acceptors (Lipinski definition) is 3. The molecule has 0 fully saturated rings. The van der Waals surface area contributed by atoms with Crippen LogP contribution in [0.5, 0.6) is 11.5 Å². The molecule has 25 heavy (non-hydrogen) atoms. The molecule has 0 aliphatic rings. The summed E-state index contributed by atoms with van der Waals surface area (Å²) < 4.78 is 0. The minimum absolute atomic E-state index is 0.122. The molecule has 0 amide bonds. The van der Waals surface area contributed by atoms with E-state index in [0.29, 0.717) is 17.9 Å². The molecule has 0 bridgehead atoms. The van der Waals surface area contributed by atoms with E-state index in [-0.39, 0.29) is 16.6 Å². The lowest BCUT2D eigenvalue weighted by atomic mass is 9.85. The van der Waals surface area contributed by atoms with Crippen molar-refractivity contribution in [3.63, 3.8) is 0 Å². The molecule has 2 N–H and O–H groups in total.